The zero-order valence-corrected chi connectivity index (χ0v) is 17.2. The fourth-order valence-electron chi connectivity index (χ4n) is 2.96. The largest absolute Gasteiger partial charge is 0.376 e. The standard InChI is InChI=1S/C20H22ClFN2O4S/c21-18-11-17(8-9-19(18)22)29(26,27)24-12-14-4-6-15(7-5-14)20(25)23-13-16-3-1-2-10-28-16/h4-9,11,16,24H,1-3,10,12-13H2,(H,23,25)/t16-/m0/s1. The number of hydrogen-bond acceptors (Lipinski definition) is 4. The van der Waals surface area contributed by atoms with Gasteiger partial charge in [-0.05, 0) is 55.2 Å². The van der Waals surface area contributed by atoms with Gasteiger partial charge in [0.25, 0.3) is 5.91 Å². The molecule has 0 radical (unpaired) electrons. The van der Waals surface area contributed by atoms with Crippen molar-refractivity contribution in [2.75, 3.05) is 13.2 Å². The molecule has 2 aromatic rings. The third-order valence-corrected chi connectivity index (χ3v) is 6.34. The van der Waals surface area contributed by atoms with Crippen LogP contribution in [-0.2, 0) is 21.3 Å². The van der Waals surface area contributed by atoms with Crippen molar-refractivity contribution in [1.82, 2.24) is 10.0 Å². The van der Waals surface area contributed by atoms with Crippen LogP contribution in [0.4, 0.5) is 4.39 Å². The van der Waals surface area contributed by atoms with Crippen molar-refractivity contribution in [3.05, 3.63) is 64.4 Å². The van der Waals surface area contributed by atoms with E-state index in [1.807, 2.05) is 0 Å². The second kappa shape index (κ2) is 9.67. The fourth-order valence-corrected chi connectivity index (χ4v) is 4.25. The third-order valence-electron chi connectivity index (χ3n) is 4.65. The Balaban J connectivity index is 1.54. The van der Waals surface area contributed by atoms with E-state index in [9.17, 15) is 17.6 Å². The van der Waals surface area contributed by atoms with Crippen LogP contribution in [0.1, 0.15) is 35.2 Å². The van der Waals surface area contributed by atoms with Gasteiger partial charge in [-0.3, -0.25) is 4.79 Å². The molecule has 1 aliphatic heterocycles. The van der Waals surface area contributed by atoms with Gasteiger partial charge >= 0.3 is 0 Å². The van der Waals surface area contributed by atoms with Crippen molar-refractivity contribution in [2.45, 2.75) is 36.8 Å². The highest BCUT2D eigenvalue weighted by Crippen LogP contribution is 2.19. The van der Waals surface area contributed by atoms with Gasteiger partial charge in [0.15, 0.2) is 0 Å². The summed E-state index contributed by atoms with van der Waals surface area (Å²) in [7, 11) is -3.84. The summed E-state index contributed by atoms with van der Waals surface area (Å²) in [6.45, 7) is 1.23. The van der Waals surface area contributed by atoms with Gasteiger partial charge in [-0.2, -0.15) is 0 Å². The molecule has 1 saturated heterocycles. The second-order valence-corrected chi connectivity index (χ2v) is 8.97. The lowest BCUT2D eigenvalue weighted by atomic mass is 10.1. The number of benzene rings is 2. The first-order chi connectivity index (χ1) is 13.8. The summed E-state index contributed by atoms with van der Waals surface area (Å²) in [5.41, 5.74) is 1.16. The molecule has 0 spiro atoms. The summed E-state index contributed by atoms with van der Waals surface area (Å²) in [5.74, 6) is -0.887. The van der Waals surface area contributed by atoms with Crippen molar-refractivity contribution in [1.29, 1.82) is 0 Å². The third kappa shape index (κ3) is 5.99. The van der Waals surface area contributed by atoms with Crippen molar-refractivity contribution >= 4 is 27.5 Å². The zero-order valence-electron chi connectivity index (χ0n) is 15.7. The number of amides is 1. The SMILES string of the molecule is O=C(NC[C@@H]1CCCCO1)c1ccc(CNS(=O)(=O)c2ccc(F)c(Cl)c2)cc1. The van der Waals surface area contributed by atoms with Crippen LogP contribution in [0, 0.1) is 5.82 Å². The molecule has 2 aromatic carbocycles. The molecule has 1 atom stereocenters. The van der Waals surface area contributed by atoms with E-state index in [4.69, 9.17) is 16.3 Å². The molecule has 1 aliphatic rings. The minimum atomic E-state index is -3.84. The van der Waals surface area contributed by atoms with E-state index >= 15 is 0 Å². The summed E-state index contributed by atoms with van der Waals surface area (Å²) in [5, 5.41) is 2.59. The molecule has 1 amide bonds. The van der Waals surface area contributed by atoms with Crippen LogP contribution in [0.25, 0.3) is 0 Å². The van der Waals surface area contributed by atoms with Gasteiger partial charge in [-0.25, -0.2) is 17.5 Å². The number of ether oxygens (including phenoxy) is 1. The van der Waals surface area contributed by atoms with Crippen LogP contribution in [-0.4, -0.2) is 33.6 Å². The summed E-state index contributed by atoms with van der Waals surface area (Å²) < 4.78 is 45.9. The van der Waals surface area contributed by atoms with Crippen LogP contribution in [0.3, 0.4) is 0 Å². The Morgan fingerprint density at radius 3 is 2.59 bits per heavy atom. The molecule has 0 saturated carbocycles. The highest BCUT2D eigenvalue weighted by atomic mass is 35.5. The average molecular weight is 441 g/mol. The monoisotopic (exact) mass is 440 g/mol. The maximum atomic E-state index is 13.2. The van der Waals surface area contributed by atoms with Crippen LogP contribution in [0.5, 0.6) is 0 Å². The molecule has 29 heavy (non-hydrogen) atoms. The molecule has 0 aliphatic carbocycles. The molecule has 0 aromatic heterocycles. The summed E-state index contributed by atoms with van der Waals surface area (Å²) >= 11 is 5.65. The van der Waals surface area contributed by atoms with E-state index < -0.39 is 15.8 Å². The van der Waals surface area contributed by atoms with Gasteiger partial charge in [0.1, 0.15) is 5.82 Å². The molecule has 2 N–H and O–H groups in total. The summed E-state index contributed by atoms with van der Waals surface area (Å²) in [6, 6.07) is 9.82. The Labute approximate surface area is 174 Å². The van der Waals surface area contributed by atoms with Gasteiger partial charge in [0.2, 0.25) is 10.0 Å². The maximum absolute atomic E-state index is 13.2. The number of rotatable bonds is 7. The number of hydrogen-bond donors (Lipinski definition) is 2. The number of carbonyl (C=O) groups is 1. The first-order valence-electron chi connectivity index (χ1n) is 9.28. The second-order valence-electron chi connectivity index (χ2n) is 6.80. The lowest BCUT2D eigenvalue weighted by Gasteiger charge is -2.22. The summed E-state index contributed by atoms with van der Waals surface area (Å²) in [4.78, 5) is 12.1. The van der Waals surface area contributed by atoms with E-state index in [-0.39, 0.29) is 28.5 Å². The van der Waals surface area contributed by atoms with Crippen molar-refractivity contribution in [3.63, 3.8) is 0 Å². The van der Waals surface area contributed by atoms with E-state index in [1.165, 1.54) is 0 Å². The van der Waals surface area contributed by atoms with Gasteiger partial charge < -0.3 is 10.1 Å². The van der Waals surface area contributed by atoms with Gasteiger partial charge in [-0.1, -0.05) is 23.7 Å². The lowest BCUT2D eigenvalue weighted by Crippen LogP contribution is -2.35. The Kier molecular flexibility index (Phi) is 7.23. The van der Waals surface area contributed by atoms with Gasteiger partial charge in [-0.15, -0.1) is 0 Å². The number of halogens is 2. The highest BCUT2D eigenvalue weighted by molar-refractivity contribution is 7.89. The van der Waals surface area contributed by atoms with E-state index in [0.717, 1.165) is 44.1 Å². The average Bonchev–Trinajstić information content (AvgIpc) is 2.73. The molecule has 1 fully saturated rings. The van der Waals surface area contributed by atoms with Gasteiger partial charge in [0.05, 0.1) is 16.0 Å². The summed E-state index contributed by atoms with van der Waals surface area (Å²) in [6.07, 6.45) is 3.17. The predicted molar refractivity (Wildman–Crippen MR) is 108 cm³/mol. The van der Waals surface area contributed by atoms with Crippen LogP contribution < -0.4 is 10.0 Å². The molecule has 9 heteroatoms. The van der Waals surface area contributed by atoms with Gasteiger partial charge in [0, 0.05) is 25.3 Å². The molecule has 0 bridgehead atoms. The predicted octanol–water partition coefficient (Wildman–Crippen LogP) is 3.26. The van der Waals surface area contributed by atoms with Crippen LogP contribution >= 0.6 is 11.6 Å². The van der Waals surface area contributed by atoms with Crippen LogP contribution in [0.2, 0.25) is 5.02 Å². The smallest absolute Gasteiger partial charge is 0.251 e. The Morgan fingerprint density at radius 1 is 1.17 bits per heavy atom. The minimum absolute atomic E-state index is 0.0230. The molecule has 156 valence electrons. The number of sulfonamides is 1. The van der Waals surface area contributed by atoms with E-state index in [1.54, 1.807) is 24.3 Å². The number of nitrogens with one attached hydrogen (secondary N) is 2. The Bertz CT molecular complexity index is 961. The fraction of sp³-hybridized carbons (Fsp3) is 0.350. The Morgan fingerprint density at radius 2 is 1.93 bits per heavy atom. The highest BCUT2D eigenvalue weighted by Gasteiger charge is 2.17. The van der Waals surface area contributed by atoms with E-state index in [2.05, 4.69) is 10.0 Å². The van der Waals surface area contributed by atoms with Crippen molar-refractivity contribution in [3.8, 4) is 0 Å². The normalized spacial score (nSPS) is 17.1. The van der Waals surface area contributed by atoms with Crippen molar-refractivity contribution < 1.29 is 22.3 Å². The molecule has 6 nitrogen and oxygen atoms in total. The topological polar surface area (TPSA) is 84.5 Å². The minimum Gasteiger partial charge on any atom is -0.376 e. The Hall–Kier alpha value is -2.00. The number of carbonyl (C=O) groups excluding carboxylic acids is 1. The molecular formula is C20H22ClFN2O4S. The van der Waals surface area contributed by atoms with E-state index in [0.29, 0.717) is 17.7 Å². The first-order valence-corrected chi connectivity index (χ1v) is 11.1. The van der Waals surface area contributed by atoms with Crippen molar-refractivity contribution in [2.24, 2.45) is 0 Å². The lowest BCUT2D eigenvalue weighted by molar-refractivity contribution is 0.0169. The maximum Gasteiger partial charge on any atom is 0.251 e. The molecular weight excluding hydrogens is 419 g/mol. The molecule has 1 heterocycles. The quantitative estimate of drug-likeness (QED) is 0.692. The first kappa shape index (κ1) is 21.7. The molecule has 3 rings (SSSR count). The molecule has 0 unspecified atom stereocenters. The van der Waals surface area contributed by atoms with Crippen LogP contribution in [0.15, 0.2) is 47.4 Å². The zero-order chi connectivity index (χ0) is 20.9.